The first-order valence-electron chi connectivity index (χ1n) is 7.11. The molecular weight excluding hydrogens is 297 g/mol. The highest BCUT2D eigenvalue weighted by Crippen LogP contribution is 2.34. The van der Waals surface area contributed by atoms with Crippen LogP contribution in [0.1, 0.15) is 26.0 Å². The van der Waals surface area contributed by atoms with E-state index in [0.29, 0.717) is 19.5 Å². The third-order valence-corrected chi connectivity index (χ3v) is 4.16. The van der Waals surface area contributed by atoms with Gasteiger partial charge in [-0.05, 0) is 13.3 Å². The molecule has 8 heteroatoms. The third kappa shape index (κ3) is 3.43. The van der Waals surface area contributed by atoms with E-state index in [1.807, 2.05) is 6.92 Å². The number of hydrogen-bond acceptors (Lipinski definition) is 5. The molecule has 124 valence electrons. The van der Waals surface area contributed by atoms with Gasteiger partial charge in [-0.1, -0.05) is 6.92 Å². The van der Waals surface area contributed by atoms with Gasteiger partial charge in [0.05, 0.1) is 5.60 Å². The van der Waals surface area contributed by atoms with E-state index in [2.05, 4.69) is 9.97 Å². The van der Waals surface area contributed by atoms with E-state index in [1.54, 1.807) is 25.9 Å². The molecule has 1 aliphatic heterocycles. The van der Waals surface area contributed by atoms with Gasteiger partial charge in [0, 0.05) is 39.2 Å². The van der Waals surface area contributed by atoms with Crippen molar-refractivity contribution >= 4 is 11.8 Å². The van der Waals surface area contributed by atoms with Gasteiger partial charge in [-0.15, -0.1) is 0 Å². The number of aliphatic hydroxyl groups is 1. The zero-order valence-electron chi connectivity index (χ0n) is 13.1. The van der Waals surface area contributed by atoms with Crippen LogP contribution in [0.2, 0.25) is 0 Å². The molecule has 2 rings (SSSR count). The summed E-state index contributed by atoms with van der Waals surface area (Å²) in [6, 6.07) is 0.972. The Hall–Kier alpha value is -1.57. The Balaban J connectivity index is 2.37. The highest BCUT2D eigenvalue weighted by molar-refractivity contribution is 5.46. The van der Waals surface area contributed by atoms with Crippen molar-refractivity contribution in [3.8, 4) is 0 Å². The van der Waals surface area contributed by atoms with Crippen molar-refractivity contribution in [1.29, 1.82) is 0 Å². The minimum Gasteiger partial charge on any atom is -0.390 e. The van der Waals surface area contributed by atoms with Gasteiger partial charge in [0.1, 0.15) is 5.82 Å². The average molecular weight is 318 g/mol. The van der Waals surface area contributed by atoms with Crippen LogP contribution in [0.5, 0.6) is 0 Å². The monoisotopic (exact) mass is 318 g/mol. The molecule has 1 aromatic heterocycles. The zero-order chi connectivity index (χ0) is 16.7. The van der Waals surface area contributed by atoms with Gasteiger partial charge >= 0.3 is 6.18 Å². The molecule has 0 unspecified atom stereocenters. The standard InChI is InChI=1S/C14H21F3N4O/c1-9-8-21(6-5-13(9,2)22)11-7-10(14(15,16)17)18-12(19-11)20(3)4/h7,9,22H,5-6,8H2,1-4H3/t9-,13+/m0/s1. The second-order valence-electron chi connectivity index (χ2n) is 6.26. The quantitative estimate of drug-likeness (QED) is 0.905. The van der Waals surface area contributed by atoms with Crippen LogP contribution in [0, 0.1) is 5.92 Å². The van der Waals surface area contributed by atoms with E-state index >= 15 is 0 Å². The third-order valence-electron chi connectivity index (χ3n) is 4.16. The summed E-state index contributed by atoms with van der Waals surface area (Å²) in [4.78, 5) is 11.0. The topological polar surface area (TPSA) is 52.5 Å². The first-order chi connectivity index (χ1) is 10.0. The minimum absolute atomic E-state index is 0.0230. The first-order valence-corrected chi connectivity index (χ1v) is 7.11. The fraction of sp³-hybridized carbons (Fsp3) is 0.714. The van der Waals surface area contributed by atoms with Gasteiger partial charge in [-0.3, -0.25) is 0 Å². The van der Waals surface area contributed by atoms with Crippen molar-refractivity contribution in [2.24, 2.45) is 5.92 Å². The van der Waals surface area contributed by atoms with Gasteiger partial charge in [0.25, 0.3) is 0 Å². The fourth-order valence-corrected chi connectivity index (χ4v) is 2.36. The van der Waals surface area contributed by atoms with E-state index in [4.69, 9.17) is 0 Å². The fourth-order valence-electron chi connectivity index (χ4n) is 2.36. The van der Waals surface area contributed by atoms with E-state index in [1.165, 1.54) is 4.90 Å². The molecule has 2 atom stereocenters. The predicted octanol–water partition coefficient (Wildman–Crippen LogP) is 2.16. The lowest BCUT2D eigenvalue weighted by Crippen LogP contribution is -2.49. The normalized spacial score (nSPS) is 26.2. The lowest BCUT2D eigenvalue weighted by molar-refractivity contribution is -0.141. The minimum atomic E-state index is -4.52. The van der Waals surface area contributed by atoms with Crippen LogP contribution in [0.4, 0.5) is 24.9 Å². The van der Waals surface area contributed by atoms with Gasteiger partial charge < -0.3 is 14.9 Å². The summed E-state index contributed by atoms with van der Waals surface area (Å²) in [5.74, 6) is 0.205. The van der Waals surface area contributed by atoms with Crippen molar-refractivity contribution in [1.82, 2.24) is 9.97 Å². The summed E-state index contributed by atoms with van der Waals surface area (Å²) >= 11 is 0. The van der Waals surface area contributed by atoms with Crippen molar-refractivity contribution in [3.05, 3.63) is 11.8 Å². The highest BCUT2D eigenvalue weighted by atomic mass is 19.4. The largest absolute Gasteiger partial charge is 0.433 e. The molecular formula is C14H21F3N4O. The summed E-state index contributed by atoms with van der Waals surface area (Å²) in [5, 5.41) is 10.2. The van der Waals surface area contributed by atoms with E-state index < -0.39 is 17.5 Å². The second-order valence-corrected chi connectivity index (χ2v) is 6.26. The Labute approximate surface area is 127 Å². The lowest BCUT2D eigenvalue weighted by Gasteiger charge is -2.41. The van der Waals surface area contributed by atoms with Crippen molar-refractivity contribution in [3.63, 3.8) is 0 Å². The van der Waals surface area contributed by atoms with Gasteiger partial charge in [0.2, 0.25) is 5.95 Å². The van der Waals surface area contributed by atoms with Crippen LogP contribution in [-0.4, -0.2) is 47.9 Å². The van der Waals surface area contributed by atoms with Gasteiger partial charge in [-0.25, -0.2) is 4.98 Å². The van der Waals surface area contributed by atoms with Crippen LogP contribution < -0.4 is 9.80 Å². The molecule has 0 saturated carbocycles. The van der Waals surface area contributed by atoms with Crippen LogP contribution in [0.3, 0.4) is 0 Å². The smallest absolute Gasteiger partial charge is 0.390 e. The molecule has 0 aliphatic carbocycles. The highest BCUT2D eigenvalue weighted by Gasteiger charge is 2.37. The second kappa shape index (κ2) is 5.57. The molecule has 1 saturated heterocycles. The van der Waals surface area contributed by atoms with E-state index in [0.717, 1.165) is 6.07 Å². The lowest BCUT2D eigenvalue weighted by atomic mass is 9.84. The molecule has 1 N–H and O–H groups in total. The molecule has 0 spiro atoms. The number of alkyl halides is 3. The number of rotatable bonds is 2. The Morgan fingerprint density at radius 1 is 1.36 bits per heavy atom. The van der Waals surface area contributed by atoms with Crippen LogP contribution in [0.15, 0.2) is 6.07 Å². The molecule has 22 heavy (non-hydrogen) atoms. The maximum Gasteiger partial charge on any atom is 0.433 e. The Kier molecular flexibility index (Phi) is 4.25. The molecule has 1 fully saturated rings. The molecule has 2 heterocycles. The van der Waals surface area contributed by atoms with E-state index in [-0.39, 0.29) is 17.7 Å². The summed E-state index contributed by atoms with van der Waals surface area (Å²) < 4.78 is 39.0. The van der Waals surface area contributed by atoms with Crippen LogP contribution in [0.25, 0.3) is 0 Å². The molecule has 0 bridgehead atoms. The molecule has 0 radical (unpaired) electrons. The first kappa shape index (κ1) is 16.8. The molecule has 5 nitrogen and oxygen atoms in total. The number of aromatic nitrogens is 2. The summed E-state index contributed by atoms with van der Waals surface area (Å²) in [6.45, 7) is 4.54. The predicted molar refractivity (Wildman–Crippen MR) is 78.0 cm³/mol. The summed E-state index contributed by atoms with van der Waals surface area (Å²) in [5.41, 5.74) is -1.76. The van der Waals surface area contributed by atoms with Crippen molar-refractivity contribution < 1.29 is 18.3 Å². The van der Waals surface area contributed by atoms with Crippen LogP contribution >= 0.6 is 0 Å². The number of anilines is 2. The number of piperidine rings is 1. The van der Waals surface area contributed by atoms with E-state index in [9.17, 15) is 18.3 Å². The Bertz CT molecular complexity index is 545. The maximum atomic E-state index is 13.0. The van der Waals surface area contributed by atoms with Gasteiger partial charge in [0.15, 0.2) is 5.69 Å². The molecule has 1 aliphatic rings. The molecule has 1 aromatic rings. The van der Waals surface area contributed by atoms with Gasteiger partial charge in [-0.2, -0.15) is 18.2 Å². The Morgan fingerprint density at radius 3 is 2.50 bits per heavy atom. The zero-order valence-corrected chi connectivity index (χ0v) is 13.1. The number of nitrogens with zero attached hydrogens (tertiary/aromatic N) is 4. The SMILES string of the molecule is C[C@H]1CN(c2cc(C(F)(F)F)nc(N(C)C)n2)CC[C@@]1(C)O. The number of hydrogen-bond donors (Lipinski definition) is 1. The summed E-state index contributed by atoms with van der Waals surface area (Å²) in [7, 11) is 3.20. The van der Waals surface area contributed by atoms with Crippen LogP contribution in [-0.2, 0) is 6.18 Å². The summed E-state index contributed by atoms with van der Waals surface area (Å²) in [6.07, 6.45) is -4.04. The molecule has 0 amide bonds. The molecule has 0 aromatic carbocycles. The average Bonchev–Trinajstić information content (AvgIpc) is 2.40. The van der Waals surface area contributed by atoms with Crippen molar-refractivity contribution in [2.75, 3.05) is 37.0 Å². The maximum absolute atomic E-state index is 13.0. The Morgan fingerprint density at radius 2 is 2.00 bits per heavy atom. The number of halogens is 3. The van der Waals surface area contributed by atoms with Crippen molar-refractivity contribution in [2.45, 2.75) is 32.0 Å².